The molecule has 1 aromatic rings. The number of hydrogen-bond donors (Lipinski definition) is 2. The van der Waals surface area contributed by atoms with Crippen LogP contribution in [0.2, 0.25) is 5.15 Å². The molecule has 1 saturated carbocycles. The Bertz CT molecular complexity index is 442. The summed E-state index contributed by atoms with van der Waals surface area (Å²) >= 11 is 5.78. The molecule has 1 heterocycles. The molecule has 0 radical (unpaired) electrons. The lowest BCUT2D eigenvalue weighted by molar-refractivity contribution is -0.120. The van der Waals surface area contributed by atoms with Crippen LogP contribution in [0, 0.1) is 12.8 Å². The minimum atomic E-state index is 0.0640. The van der Waals surface area contributed by atoms with Crippen LogP contribution in [0.5, 0.6) is 0 Å². The quantitative estimate of drug-likeness (QED) is 0.809. The molecule has 0 atom stereocenters. The normalized spacial score (nSPS) is 23.7. The molecule has 1 fully saturated rings. The van der Waals surface area contributed by atoms with Crippen molar-refractivity contribution in [2.24, 2.45) is 11.7 Å². The molecule has 4 nitrogen and oxygen atoms in total. The van der Waals surface area contributed by atoms with Gasteiger partial charge in [-0.15, -0.1) is 0 Å². The van der Waals surface area contributed by atoms with E-state index in [-0.39, 0.29) is 17.9 Å². The Kier molecular flexibility index (Phi) is 4.19. The zero-order valence-corrected chi connectivity index (χ0v) is 11.2. The highest BCUT2D eigenvalue weighted by Gasteiger charge is 2.24. The van der Waals surface area contributed by atoms with Gasteiger partial charge in [0.15, 0.2) is 0 Å². The third-order valence-corrected chi connectivity index (χ3v) is 3.66. The first-order chi connectivity index (χ1) is 8.56. The maximum absolute atomic E-state index is 12.1. The van der Waals surface area contributed by atoms with Gasteiger partial charge >= 0.3 is 0 Å². The molecule has 0 unspecified atom stereocenters. The molecular formula is C13H18ClN3O. The van der Waals surface area contributed by atoms with Gasteiger partial charge in [-0.2, -0.15) is 0 Å². The van der Waals surface area contributed by atoms with E-state index in [2.05, 4.69) is 10.3 Å². The van der Waals surface area contributed by atoms with E-state index in [9.17, 15) is 4.79 Å². The van der Waals surface area contributed by atoms with E-state index in [1.165, 1.54) is 0 Å². The van der Waals surface area contributed by atoms with Crippen molar-refractivity contribution in [2.75, 3.05) is 5.32 Å². The Morgan fingerprint density at radius 1 is 1.39 bits per heavy atom. The zero-order valence-electron chi connectivity index (χ0n) is 10.4. The van der Waals surface area contributed by atoms with Gasteiger partial charge in [-0.1, -0.05) is 11.6 Å². The van der Waals surface area contributed by atoms with E-state index < -0.39 is 0 Å². The molecule has 1 aliphatic rings. The van der Waals surface area contributed by atoms with Crippen LogP contribution in [-0.2, 0) is 4.79 Å². The third-order valence-electron chi connectivity index (χ3n) is 3.45. The maximum Gasteiger partial charge on any atom is 0.227 e. The molecule has 2 rings (SSSR count). The van der Waals surface area contributed by atoms with Crippen LogP contribution in [-0.4, -0.2) is 16.9 Å². The van der Waals surface area contributed by atoms with Crippen LogP contribution >= 0.6 is 11.6 Å². The summed E-state index contributed by atoms with van der Waals surface area (Å²) in [5.41, 5.74) is 7.31. The standard InChI is InChI=1S/C13H18ClN3O/c1-8-11(6-7-12(14)16-8)17-13(18)9-2-4-10(15)5-3-9/h6-7,9-10H,2-5,15H2,1H3,(H,17,18). The lowest BCUT2D eigenvalue weighted by Crippen LogP contribution is -2.32. The maximum atomic E-state index is 12.1. The van der Waals surface area contributed by atoms with Crippen molar-refractivity contribution < 1.29 is 4.79 Å². The monoisotopic (exact) mass is 267 g/mol. The van der Waals surface area contributed by atoms with Crippen LogP contribution in [0.3, 0.4) is 0 Å². The molecule has 1 aromatic heterocycles. The first kappa shape index (κ1) is 13.3. The van der Waals surface area contributed by atoms with Gasteiger partial charge in [0.1, 0.15) is 5.15 Å². The topological polar surface area (TPSA) is 68.0 Å². The largest absolute Gasteiger partial charge is 0.328 e. The number of aromatic nitrogens is 1. The van der Waals surface area contributed by atoms with Gasteiger partial charge in [0, 0.05) is 12.0 Å². The Morgan fingerprint density at radius 2 is 2.06 bits per heavy atom. The van der Waals surface area contributed by atoms with Crippen LogP contribution in [0.25, 0.3) is 0 Å². The number of carbonyl (C=O) groups is 1. The smallest absolute Gasteiger partial charge is 0.227 e. The van der Waals surface area contributed by atoms with Gasteiger partial charge in [0.2, 0.25) is 5.91 Å². The van der Waals surface area contributed by atoms with Gasteiger partial charge < -0.3 is 11.1 Å². The first-order valence-corrected chi connectivity index (χ1v) is 6.63. The molecule has 0 aromatic carbocycles. The number of nitrogens with zero attached hydrogens (tertiary/aromatic N) is 1. The average molecular weight is 268 g/mol. The van der Waals surface area contributed by atoms with Crippen molar-refractivity contribution in [2.45, 2.75) is 38.6 Å². The fourth-order valence-corrected chi connectivity index (χ4v) is 2.47. The Balaban J connectivity index is 1.98. The van der Waals surface area contributed by atoms with Gasteiger partial charge in [0.25, 0.3) is 0 Å². The van der Waals surface area contributed by atoms with Crippen molar-refractivity contribution in [1.82, 2.24) is 4.98 Å². The van der Waals surface area contributed by atoms with E-state index in [1.54, 1.807) is 12.1 Å². The highest BCUT2D eigenvalue weighted by molar-refractivity contribution is 6.29. The van der Waals surface area contributed by atoms with Gasteiger partial charge in [-0.3, -0.25) is 4.79 Å². The summed E-state index contributed by atoms with van der Waals surface area (Å²) in [6, 6.07) is 3.73. The molecule has 0 aliphatic heterocycles. The number of amides is 1. The predicted octanol–water partition coefficient (Wildman–Crippen LogP) is 2.50. The van der Waals surface area contributed by atoms with Crippen LogP contribution in [0.15, 0.2) is 12.1 Å². The summed E-state index contributed by atoms with van der Waals surface area (Å²) in [7, 11) is 0. The average Bonchev–Trinajstić information content (AvgIpc) is 2.33. The van der Waals surface area contributed by atoms with Gasteiger partial charge in [0.05, 0.1) is 11.4 Å². The molecule has 0 spiro atoms. The number of nitrogens with one attached hydrogen (secondary N) is 1. The Hall–Kier alpha value is -1.13. The molecule has 0 bridgehead atoms. The second kappa shape index (κ2) is 5.67. The summed E-state index contributed by atoms with van der Waals surface area (Å²) in [4.78, 5) is 16.2. The second-order valence-corrected chi connectivity index (χ2v) is 5.26. The van der Waals surface area contributed by atoms with E-state index in [4.69, 9.17) is 17.3 Å². The zero-order chi connectivity index (χ0) is 13.1. The van der Waals surface area contributed by atoms with Crippen molar-refractivity contribution in [3.8, 4) is 0 Å². The summed E-state index contributed by atoms with van der Waals surface area (Å²) in [6.07, 6.45) is 3.59. The van der Waals surface area contributed by atoms with E-state index in [0.717, 1.165) is 37.1 Å². The lowest BCUT2D eigenvalue weighted by atomic mass is 9.86. The fraction of sp³-hybridized carbons (Fsp3) is 0.538. The molecule has 98 valence electrons. The molecular weight excluding hydrogens is 250 g/mol. The number of rotatable bonds is 2. The van der Waals surface area contributed by atoms with Gasteiger partial charge in [-0.05, 0) is 44.7 Å². The third kappa shape index (κ3) is 3.21. The number of aryl methyl sites for hydroxylation is 1. The SMILES string of the molecule is Cc1nc(Cl)ccc1NC(=O)C1CCC(N)CC1. The molecule has 3 N–H and O–H groups in total. The summed E-state index contributed by atoms with van der Waals surface area (Å²) in [5.74, 6) is 0.133. The minimum absolute atomic E-state index is 0.0640. The summed E-state index contributed by atoms with van der Waals surface area (Å²) in [5, 5.41) is 3.36. The van der Waals surface area contributed by atoms with Crippen molar-refractivity contribution >= 4 is 23.2 Å². The number of pyridine rings is 1. The highest BCUT2D eigenvalue weighted by atomic mass is 35.5. The van der Waals surface area contributed by atoms with Crippen molar-refractivity contribution in [1.29, 1.82) is 0 Å². The summed E-state index contributed by atoms with van der Waals surface area (Å²) < 4.78 is 0. The van der Waals surface area contributed by atoms with Gasteiger partial charge in [-0.25, -0.2) is 4.98 Å². The molecule has 5 heteroatoms. The molecule has 0 saturated heterocycles. The number of anilines is 1. The van der Waals surface area contributed by atoms with Crippen LogP contribution in [0.1, 0.15) is 31.4 Å². The van der Waals surface area contributed by atoms with E-state index >= 15 is 0 Å². The first-order valence-electron chi connectivity index (χ1n) is 6.26. The van der Waals surface area contributed by atoms with Crippen LogP contribution in [0.4, 0.5) is 5.69 Å². The van der Waals surface area contributed by atoms with Crippen molar-refractivity contribution in [3.05, 3.63) is 23.0 Å². The van der Waals surface area contributed by atoms with Crippen molar-refractivity contribution in [3.63, 3.8) is 0 Å². The van der Waals surface area contributed by atoms with E-state index in [0.29, 0.717) is 5.15 Å². The highest BCUT2D eigenvalue weighted by Crippen LogP contribution is 2.25. The molecule has 1 aliphatic carbocycles. The second-order valence-electron chi connectivity index (χ2n) is 4.87. The number of nitrogens with two attached hydrogens (primary N) is 1. The fourth-order valence-electron chi connectivity index (χ4n) is 2.28. The van der Waals surface area contributed by atoms with E-state index in [1.807, 2.05) is 6.92 Å². The Labute approximate surface area is 112 Å². The lowest BCUT2D eigenvalue weighted by Gasteiger charge is -2.25. The molecule has 1 amide bonds. The minimum Gasteiger partial charge on any atom is -0.328 e. The summed E-state index contributed by atoms with van der Waals surface area (Å²) in [6.45, 7) is 1.83. The number of carbonyl (C=O) groups excluding carboxylic acids is 1. The number of halogens is 1. The van der Waals surface area contributed by atoms with Crippen LogP contribution < -0.4 is 11.1 Å². The Morgan fingerprint density at radius 3 is 2.67 bits per heavy atom. The number of hydrogen-bond acceptors (Lipinski definition) is 3. The predicted molar refractivity (Wildman–Crippen MR) is 72.5 cm³/mol. The molecule has 18 heavy (non-hydrogen) atoms.